The first-order chi connectivity index (χ1) is 13.8. The van der Waals surface area contributed by atoms with E-state index in [-0.39, 0.29) is 6.61 Å². The number of methoxy groups -OCH3 is 1. The molecule has 3 amide bonds. The molecule has 1 aliphatic heterocycles. The van der Waals surface area contributed by atoms with Crippen molar-refractivity contribution in [2.45, 2.75) is 19.1 Å². The van der Waals surface area contributed by atoms with Gasteiger partial charge in [0.15, 0.2) is 0 Å². The van der Waals surface area contributed by atoms with Crippen molar-refractivity contribution in [2.24, 2.45) is 0 Å². The van der Waals surface area contributed by atoms with Crippen LogP contribution >= 0.6 is 0 Å². The molecule has 1 saturated heterocycles. The van der Waals surface area contributed by atoms with E-state index in [0.29, 0.717) is 16.7 Å². The van der Waals surface area contributed by atoms with E-state index in [1.54, 1.807) is 61.5 Å². The summed E-state index contributed by atoms with van der Waals surface area (Å²) in [5, 5.41) is 2.63. The summed E-state index contributed by atoms with van der Waals surface area (Å²) >= 11 is 0. The standard InChI is InChI=1S/C21H20N2O6/c1-21(16-9-4-3-5-10-16)19(26)23(20(27)22-21)12-17(24)29-13-14-7-6-8-15(11-14)18(25)28-2/h3-11H,12-13H2,1-2H3,(H,22,27). The molecule has 0 bridgehead atoms. The SMILES string of the molecule is COC(=O)c1cccc(COC(=O)CN2C(=O)NC(C)(c3ccccc3)C2=O)c1. The molecule has 8 nitrogen and oxygen atoms in total. The molecule has 0 saturated carbocycles. The lowest BCUT2D eigenvalue weighted by atomic mass is 9.92. The number of carbonyl (C=O) groups excluding carboxylic acids is 4. The number of hydrogen-bond acceptors (Lipinski definition) is 6. The number of esters is 2. The zero-order chi connectivity index (χ0) is 21.0. The number of hydrogen-bond donors (Lipinski definition) is 1. The Morgan fingerprint density at radius 2 is 1.79 bits per heavy atom. The number of carbonyl (C=O) groups is 4. The van der Waals surface area contributed by atoms with E-state index in [9.17, 15) is 19.2 Å². The molecule has 1 atom stereocenters. The molecule has 2 aromatic rings. The van der Waals surface area contributed by atoms with Gasteiger partial charge in [-0.05, 0) is 30.2 Å². The van der Waals surface area contributed by atoms with Crippen molar-refractivity contribution in [3.05, 3.63) is 71.3 Å². The second-order valence-electron chi connectivity index (χ2n) is 6.67. The van der Waals surface area contributed by atoms with Gasteiger partial charge in [0.1, 0.15) is 18.7 Å². The summed E-state index contributed by atoms with van der Waals surface area (Å²) in [4.78, 5) is 49.7. The molecule has 150 valence electrons. The second-order valence-corrected chi connectivity index (χ2v) is 6.67. The van der Waals surface area contributed by atoms with Crippen LogP contribution in [0, 0.1) is 0 Å². The first-order valence-electron chi connectivity index (χ1n) is 8.87. The van der Waals surface area contributed by atoms with E-state index in [4.69, 9.17) is 4.74 Å². The van der Waals surface area contributed by atoms with Crippen molar-refractivity contribution in [1.82, 2.24) is 10.2 Å². The van der Waals surface area contributed by atoms with E-state index in [1.165, 1.54) is 7.11 Å². The lowest BCUT2D eigenvalue weighted by Crippen LogP contribution is -2.41. The lowest BCUT2D eigenvalue weighted by molar-refractivity contribution is -0.148. The average Bonchev–Trinajstić information content (AvgIpc) is 2.96. The summed E-state index contributed by atoms with van der Waals surface area (Å²) in [6.07, 6.45) is 0. The molecule has 0 aromatic heterocycles. The van der Waals surface area contributed by atoms with Crippen molar-refractivity contribution in [1.29, 1.82) is 0 Å². The van der Waals surface area contributed by atoms with E-state index < -0.39 is 36.0 Å². The summed E-state index contributed by atoms with van der Waals surface area (Å²) in [6, 6.07) is 14.6. The van der Waals surface area contributed by atoms with Gasteiger partial charge in [-0.1, -0.05) is 42.5 Å². The van der Waals surface area contributed by atoms with Crippen LogP contribution in [0.4, 0.5) is 4.79 Å². The monoisotopic (exact) mass is 396 g/mol. The fraction of sp³-hybridized carbons (Fsp3) is 0.238. The Hall–Kier alpha value is -3.68. The van der Waals surface area contributed by atoms with Gasteiger partial charge in [0, 0.05) is 0 Å². The van der Waals surface area contributed by atoms with Crippen molar-refractivity contribution in [2.75, 3.05) is 13.7 Å². The quantitative estimate of drug-likeness (QED) is 0.592. The van der Waals surface area contributed by atoms with E-state index in [2.05, 4.69) is 10.1 Å². The van der Waals surface area contributed by atoms with Crippen LogP contribution in [0.5, 0.6) is 0 Å². The van der Waals surface area contributed by atoms with Crippen LogP contribution in [0.25, 0.3) is 0 Å². The highest BCUT2D eigenvalue weighted by Gasteiger charge is 2.49. The minimum atomic E-state index is -1.24. The number of rotatable bonds is 6. The minimum Gasteiger partial charge on any atom is -0.465 e. The Bertz CT molecular complexity index is 959. The molecule has 0 radical (unpaired) electrons. The van der Waals surface area contributed by atoms with Crippen LogP contribution in [-0.4, -0.2) is 42.4 Å². The molecule has 8 heteroatoms. The molecule has 1 fully saturated rings. The summed E-state index contributed by atoms with van der Waals surface area (Å²) in [5.74, 6) is -1.77. The molecule has 1 aliphatic rings. The van der Waals surface area contributed by atoms with Gasteiger partial charge < -0.3 is 14.8 Å². The molecule has 1 N–H and O–H groups in total. The maximum absolute atomic E-state index is 12.8. The largest absolute Gasteiger partial charge is 0.465 e. The average molecular weight is 396 g/mol. The summed E-state index contributed by atoms with van der Waals surface area (Å²) < 4.78 is 9.81. The lowest BCUT2D eigenvalue weighted by Gasteiger charge is -2.21. The predicted molar refractivity (Wildman–Crippen MR) is 102 cm³/mol. The molecular formula is C21H20N2O6. The van der Waals surface area contributed by atoms with E-state index in [1.807, 2.05) is 0 Å². The molecule has 0 spiro atoms. The number of ether oxygens (including phenoxy) is 2. The van der Waals surface area contributed by atoms with Crippen LogP contribution in [0.15, 0.2) is 54.6 Å². The topological polar surface area (TPSA) is 102 Å². The van der Waals surface area contributed by atoms with E-state index >= 15 is 0 Å². The van der Waals surface area contributed by atoms with E-state index in [0.717, 1.165) is 4.90 Å². The predicted octanol–water partition coefficient (Wildman–Crippen LogP) is 1.98. The van der Waals surface area contributed by atoms with Crippen molar-refractivity contribution in [3.8, 4) is 0 Å². The molecule has 1 heterocycles. The normalized spacial score (nSPS) is 18.3. The third-order valence-corrected chi connectivity index (χ3v) is 4.66. The first-order valence-corrected chi connectivity index (χ1v) is 8.87. The van der Waals surface area contributed by atoms with Crippen molar-refractivity contribution in [3.63, 3.8) is 0 Å². The maximum atomic E-state index is 12.8. The number of imide groups is 1. The smallest absolute Gasteiger partial charge is 0.337 e. The Balaban J connectivity index is 1.63. The Morgan fingerprint density at radius 3 is 2.48 bits per heavy atom. The summed E-state index contributed by atoms with van der Waals surface area (Å²) in [7, 11) is 1.27. The highest BCUT2D eigenvalue weighted by molar-refractivity contribution is 6.08. The fourth-order valence-electron chi connectivity index (χ4n) is 3.05. The highest BCUT2D eigenvalue weighted by atomic mass is 16.5. The summed E-state index contributed by atoms with van der Waals surface area (Å²) in [5.41, 5.74) is 0.281. The van der Waals surface area contributed by atoms with Crippen LogP contribution in [0.1, 0.15) is 28.4 Å². The van der Waals surface area contributed by atoms with Gasteiger partial charge in [-0.25, -0.2) is 9.59 Å². The first kappa shape index (κ1) is 20.1. The molecule has 0 aliphatic carbocycles. The zero-order valence-corrected chi connectivity index (χ0v) is 16.0. The van der Waals surface area contributed by atoms with Gasteiger partial charge in [0.05, 0.1) is 12.7 Å². The Kier molecular flexibility index (Phi) is 5.63. The van der Waals surface area contributed by atoms with Crippen molar-refractivity contribution >= 4 is 23.9 Å². The Morgan fingerprint density at radius 1 is 1.07 bits per heavy atom. The van der Waals surface area contributed by atoms with Gasteiger partial charge in [-0.15, -0.1) is 0 Å². The van der Waals surface area contributed by atoms with Gasteiger partial charge >= 0.3 is 18.0 Å². The van der Waals surface area contributed by atoms with Gasteiger partial charge in [-0.3, -0.25) is 14.5 Å². The molecule has 2 aromatic carbocycles. The minimum absolute atomic E-state index is 0.108. The second kappa shape index (κ2) is 8.14. The molecule has 1 unspecified atom stereocenters. The van der Waals surface area contributed by atoms with Crippen LogP contribution in [-0.2, 0) is 31.2 Å². The number of benzene rings is 2. The number of urea groups is 1. The molecule has 3 rings (SSSR count). The molecular weight excluding hydrogens is 376 g/mol. The third kappa shape index (κ3) is 4.11. The van der Waals surface area contributed by atoms with Gasteiger partial charge in [0.2, 0.25) is 0 Å². The van der Waals surface area contributed by atoms with Crippen molar-refractivity contribution < 1.29 is 28.7 Å². The molecule has 29 heavy (non-hydrogen) atoms. The fourth-order valence-corrected chi connectivity index (χ4v) is 3.05. The third-order valence-electron chi connectivity index (χ3n) is 4.66. The van der Waals surface area contributed by atoms with Gasteiger partial charge in [0.25, 0.3) is 5.91 Å². The highest BCUT2D eigenvalue weighted by Crippen LogP contribution is 2.28. The number of nitrogens with zero attached hydrogens (tertiary/aromatic N) is 1. The van der Waals surface area contributed by atoms with Gasteiger partial charge in [-0.2, -0.15) is 0 Å². The van der Waals surface area contributed by atoms with Crippen LogP contribution < -0.4 is 5.32 Å². The number of nitrogens with one attached hydrogen (secondary N) is 1. The van der Waals surface area contributed by atoms with Crippen LogP contribution in [0.2, 0.25) is 0 Å². The zero-order valence-electron chi connectivity index (χ0n) is 16.0. The van der Waals surface area contributed by atoms with Crippen LogP contribution in [0.3, 0.4) is 0 Å². The summed E-state index contributed by atoms with van der Waals surface area (Å²) in [6.45, 7) is 0.971. The Labute approximate surface area is 167 Å². The maximum Gasteiger partial charge on any atom is 0.337 e. The number of amides is 3.